The average Bonchev–Trinajstić information content (AvgIpc) is 2.82. The summed E-state index contributed by atoms with van der Waals surface area (Å²) in [6.45, 7) is 3.43. The minimum absolute atomic E-state index is 0.0589. The van der Waals surface area contributed by atoms with E-state index in [1.54, 1.807) is 0 Å². The van der Waals surface area contributed by atoms with Gasteiger partial charge in [0.05, 0.1) is 18.1 Å². The van der Waals surface area contributed by atoms with E-state index in [0.717, 1.165) is 50.5 Å². The molecular formula is C17H27NO2. The van der Waals surface area contributed by atoms with E-state index in [0.29, 0.717) is 11.3 Å². The molecule has 5 rings (SSSR count). The third-order valence-electron chi connectivity index (χ3n) is 6.66. The summed E-state index contributed by atoms with van der Waals surface area (Å²) < 4.78 is 0. The van der Waals surface area contributed by atoms with Crippen LogP contribution in [0.3, 0.4) is 0 Å². The predicted octanol–water partition coefficient (Wildman–Crippen LogP) is 2.58. The maximum absolute atomic E-state index is 13.2. The summed E-state index contributed by atoms with van der Waals surface area (Å²) >= 11 is 0. The lowest BCUT2D eigenvalue weighted by Crippen LogP contribution is -2.58. The second-order valence-corrected chi connectivity index (χ2v) is 8.53. The van der Waals surface area contributed by atoms with Crippen molar-refractivity contribution in [2.75, 3.05) is 13.2 Å². The molecule has 3 atom stereocenters. The smallest absolute Gasteiger partial charge is 0.229 e. The van der Waals surface area contributed by atoms with Crippen molar-refractivity contribution >= 4 is 5.91 Å². The van der Waals surface area contributed by atoms with Crippen molar-refractivity contribution in [1.29, 1.82) is 0 Å². The van der Waals surface area contributed by atoms with Crippen molar-refractivity contribution in [2.45, 2.75) is 64.3 Å². The number of hydrogen-bond donors (Lipinski definition) is 1. The van der Waals surface area contributed by atoms with Gasteiger partial charge in [0.15, 0.2) is 0 Å². The molecule has 3 nitrogen and oxygen atoms in total. The summed E-state index contributed by atoms with van der Waals surface area (Å²) in [6.07, 6.45) is 9.50. The minimum atomic E-state index is -0.0589. The third kappa shape index (κ3) is 1.78. The average molecular weight is 277 g/mol. The number of hydrogen-bond acceptors (Lipinski definition) is 2. The Bertz CT molecular complexity index is 419. The Morgan fingerprint density at radius 2 is 1.95 bits per heavy atom. The molecule has 20 heavy (non-hydrogen) atoms. The first-order valence-corrected chi connectivity index (χ1v) is 8.46. The first kappa shape index (κ1) is 13.1. The first-order chi connectivity index (χ1) is 9.54. The Morgan fingerprint density at radius 1 is 1.25 bits per heavy atom. The number of amides is 1. The highest BCUT2D eigenvalue weighted by atomic mass is 16.3. The third-order valence-corrected chi connectivity index (χ3v) is 6.66. The zero-order chi connectivity index (χ0) is 14.0. The summed E-state index contributed by atoms with van der Waals surface area (Å²) in [5.41, 5.74) is 0.366. The van der Waals surface area contributed by atoms with Crippen LogP contribution in [0.5, 0.6) is 0 Å². The lowest BCUT2D eigenvalue weighted by molar-refractivity contribution is -0.167. The molecule has 0 radical (unpaired) electrons. The molecule has 112 valence electrons. The SMILES string of the molecule is CC12CC3CC(C1)CC(C(=O)N1CCC[C@@H]1CO)(C3)C2. The van der Waals surface area contributed by atoms with Gasteiger partial charge in [0.25, 0.3) is 0 Å². The van der Waals surface area contributed by atoms with Crippen molar-refractivity contribution in [3.8, 4) is 0 Å². The van der Waals surface area contributed by atoms with Crippen molar-refractivity contribution < 1.29 is 9.90 Å². The van der Waals surface area contributed by atoms with E-state index in [1.165, 1.54) is 19.3 Å². The molecule has 1 N–H and O–H groups in total. The van der Waals surface area contributed by atoms with Gasteiger partial charge in [-0.3, -0.25) is 4.79 Å². The highest BCUT2D eigenvalue weighted by molar-refractivity contribution is 5.84. The molecule has 5 aliphatic rings. The lowest BCUT2D eigenvalue weighted by Gasteiger charge is -2.61. The van der Waals surface area contributed by atoms with Gasteiger partial charge in [-0.15, -0.1) is 0 Å². The van der Waals surface area contributed by atoms with Crippen LogP contribution in [0.2, 0.25) is 0 Å². The number of rotatable bonds is 2. The molecule has 0 aromatic rings. The van der Waals surface area contributed by atoms with E-state index in [1.807, 2.05) is 4.90 Å². The van der Waals surface area contributed by atoms with E-state index in [-0.39, 0.29) is 18.1 Å². The van der Waals surface area contributed by atoms with Crippen LogP contribution >= 0.6 is 0 Å². The van der Waals surface area contributed by atoms with Crippen molar-refractivity contribution in [2.24, 2.45) is 22.7 Å². The van der Waals surface area contributed by atoms with Gasteiger partial charge < -0.3 is 10.0 Å². The molecule has 1 aliphatic heterocycles. The van der Waals surface area contributed by atoms with Crippen LogP contribution in [-0.4, -0.2) is 35.1 Å². The van der Waals surface area contributed by atoms with Crippen molar-refractivity contribution in [1.82, 2.24) is 4.90 Å². The fourth-order valence-corrected chi connectivity index (χ4v) is 6.57. The molecule has 0 spiro atoms. The number of aliphatic hydroxyl groups is 1. The van der Waals surface area contributed by atoms with Crippen LogP contribution in [0.1, 0.15) is 58.3 Å². The lowest BCUT2D eigenvalue weighted by atomic mass is 9.44. The largest absolute Gasteiger partial charge is 0.394 e. The zero-order valence-corrected chi connectivity index (χ0v) is 12.6. The molecule has 4 saturated carbocycles. The van der Waals surface area contributed by atoms with E-state index in [2.05, 4.69) is 6.92 Å². The standard InChI is InChI=1S/C17H27NO2/c1-16-6-12-5-13(7-16)9-17(8-12,11-16)15(20)18-4-2-3-14(18)10-19/h12-14,19H,2-11H2,1H3/t12?,13?,14-,16?,17?/m1/s1. The molecule has 0 aromatic carbocycles. The van der Waals surface area contributed by atoms with Gasteiger partial charge >= 0.3 is 0 Å². The number of carbonyl (C=O) groups excluding carboxylic acids is 1. The van der Waals surface area contributed by atoms with Crippen LogP contribution < -0.4 is 0 Å². The van der Waals surface area contributed by atoms with Gasteiger partial charge in [0, 0.05) is 6.54 Å². The highest BCUT2D eigenvalue weighted by Gasteiger charge is 2.60. The van der Waals surface area contributed by atoms with Gasteiger partial charge in [-0.2, -0.15) is 0 Å². The second kappa shape index (κ2) is 4.22. The number of nitrogens with zero attached hydrogens (tertiary/aromatic N) is 1. The minimum Gasteiger partial charge on any atom is -0.394 e. The Balaban J connectivity index is 1.62. The fourth-order valence-electron chi connectivity index (χ4n) is 6.57. The number of likely N-dealkylation sites (tertiary alicyclic amines) is 1. The van der Waals surface area contributed by atoms with Crippen molar-refractivity contribution in [3.63, 3.8) is 0 Å². The molecule has 4 aliphatic carbocycles. The van der Waals surface area contributed by atoms with Crippen LogP contribution in [-0.2, 0) is 4.79 Å². The molecule has 2 unspecified atom stereocenters. The molecule has 1 heterocycles. The van der Waals surface area contributed by atoms with E-state index < -0.39 is 0 Å². The predicted molar refractivity (Wildman–Crippen MR) is 77.0 cm³/mol. The molecular weight excluding hydrogens is 250 g/mol. The van der Waals surface area contributed by atoms with Crippen molar-refractivity contribution in [3.05, 3.63) is 0 Å². The summed E-state index contributed by atoms with van der Waals surface area (Å²) in [5.74, 6) is 1.98. The zero-order valence-electron chi connectivity index (χ0n) is 12.6. The van der Waals surface area contributed by atoms with Crippen LogP contribution in [0, 0.1) is 22.7 Å². The Kier molecular flexibility index (Phi) is 2.77. The summed E-state index contributed by atoms with van der Waals surface area (Å²) in [6, 6.07) is 0.100. The normalized spacial score (nSPS) is 49.9. The molecule has 5 fully saturated rings. The summed E-state index contributed by atoms with van der Waals surface area (Å²) in [7, 11) is 0. The molecule has 1 amide bonds. The van der Waals surface area contributed by atoms with E-state index in [9.17, 15) is 9.90 Å². The van der Waals surface area contributed by atoms with Gasteiger partial charge in [0.2, 0.25) is 5.91 Å². The van der Waals surface area contributed by atoms with E-state index in [4.69, 9.17) is 0 Å². The monoisotopic (exact) mass is 277 g/mol. The quantitative estimate of drug-likeness (QED) is 0.843. The second-order valence-electron chi connectivity index (χ2n) is 8.53. The van der Waals surface area contributed by atoms with Gasteiger partial charge in [-0.05, 0) is 68.6 Å². The molecule has 0 aromatic heterocycles. The first-order valence-electron chi connectivity index (χ1n) is 8.46. The Hall–Kier alpha value is -0.570. The van der Waals surface area contributed by atoms with E-state index >= 15 is 0 Å². The van der Waals surface area contributed by atoms with Gasteiger partial charge in [-0.25, -0.2) is 0 Å². The maximum atomic E-state index is 13.2. The number of aliphatic hydroxyl groups excluding tert-OH is 1. The Morgan fingerprint density at radius 3 is 2.55 bits per heavy atom. The summed E-state index contributed by atoms with van der Waals surface area (Å²) in [5, 5.41) is 9.52. The van der Waals surface area contributed by atoms with Gasteiger partial charge in [0.1, 0.15) is 0 Å². The topological polar surface area (TPSA) is 40.5 Å². The summed E-state index contributed by atoms with van der Waals surface area (Å²) in [4.78, 5) is 15.3. The van der Waals surface area contributed by atoms with Crippen LogP contribution in [0.25, 0.3) is 0 Å². The molecule has 1 saturated heterocycles. The number of carbonyl (C=O) groups is 1. The molecule has 4 bridgehead atoms. The molecule has 3 heteroatoms. The highest BCUT2D eigenvalue weighted by Crippen LogP contribution is 2.65. The van der Waals surface area contributed by atoms with Crippen LogP contribution in [0.4, 0.5) is 0 Å². The van der Waals surface area contributed by atoms with Gasteiger partial charge in [-0.1, -0.05) is 6.92 Å². The Labute approximate surface area is 121 Å². The van der Waals surface area contributed by atoms with Crippen LogP contribution in [0.15, 0.2) is 0 Å². The maximum Gasteiger partial charge on any atom is 0.229 e. The fraction of sp³-hybridized carbons (Fsp3) is 0.941.